The number of fused-ring (bicyclic) bond motifs is 1. The molecule has 5 heteroatoms. The van der Waals surface area contributed by atoms with Crippen molar-refractivity contribution in [1.29, 1.82) is 0 Å². The molecule has 1 N–H and O–H groups in total. The van der Waals surface area contributed by atoms with E-state index < -0.39 is 17.7 Å². The summed E-state index contributed by atoms with van der Waals surface area (Å²) in [4.78, 5) is 0. The van der Waals surface area contributed by atoms with E-state index in [2.05, 4.69) is 15.9 Å². The van der Waals surface area contributed by atoms with E-state index in [1.165, 1.54) is 6.07 Å². The number of rotatable bonds is 3. The first-order chi connectivity index (χ1) is 10.1. The first kappa shape index (κ1) is 14.6. The van der Waals surface area contributed by atoms with Gasteiger partial charge in [-0.1, -0.05) is 18.2 Å². The summed E-state index contributed by atoms with van der Waals surface area (Å²) in [6.07, 6.45) is -0.506. The molecular formula is C16H11BrF2OS. The van der Waals surface area contributed by atoms with E-state index in [0.717, 1.165) is 32.3 Å². The van der Waals surface area contributed by atoms with Crippen molar-refractivity contribution in [2.45, 2.75) is 12.5 Å². The van der Waals surface area contributed by atoms with Gasteiger partial charge in [0.1, 0.15) is 0 Å². The summed E-state index contributed by atoms with van der Waals surface area (Å²) in [6.45, 7) is 0. The van der Waals surface area contributed by atoms with Gasteiger partial charge in [-0.2, -0.15) is 0 Å². The van der Waals surface area contributed by atoms with Crippen LogP contribution in [-0.2, 0) is 6.42 Å². The van der Waals surface area contributed by atoms with Crippen LogP contribution in [0.25, 0.3) is 10.1 Å². The predicted octanol–water partition coefficient (Wildman–Crippen LogP) is 5.22. The maximum Gasteiger partial charge on any atom is 0.159 e. The normalized spacial score (nSPS) is 12.8. The number of aliphatic hydroxyl groups excluding tert-OH is 1. The Morgan fingerprint density at radius 3 is 2.71 bits per heavy atom. The van der Waals surface area contributed by atoms with Gasteiger partial charge in [-0.15, -0.1) is 11.3 Å². The number of benzene rings is 2. The van der Waals surface area contributed by atoms with E-state index in [1.807, 2.05) is 23.6 Å². The van der Waals surface area contributed by atoms with Gasteiger partial charge in [0, 0.05) is 15.6 Å². The van der Waals surface area contributed by atoms with Crippen molar-refractivity contribution in [3.63, 3.8) is 0 Å². The third-order valence-corrected chi connectivity index (χ3v) is 5.32. The van der Waals surface area contributed by atoms with Crippen LogP contribution >= 0.6 is 27.3 Å². The van der Waals surface area contributed by atoms with Crippen LogP contribution in [-0.4, -0.2) is 5.11 Å². The van der Waals surface area contributed by atoms with Gasteiger partial charge in [-0.25, -0.2) is 8.78 Å². The molecule has 0 spiro atoms. The Labute approximate surface area is 133 Å². The van der Waals surface area contributed by atoms with Crippen molar-refractivity contribution < 1.29 is 13.9 Å². The van der Waals surface area contributed by atoms with Crippen LogP contribution in [0.3, 0.4) is 0 Å². The monoisotopic (exact) mass is 368 g/mol. The molecule has 21 heavy (non-hydrogen) atoms. The molecule has 0 saturated carbocycles. The fourth-order valence-corrected chi connectivity index (χ4v) is 3.97. The topological polar surface area (TPSA) is 20.2 Å². The molecule has 1 nitrogen and oxygen atoms in total. The van der Waals surface area contributed by atoms with E-state index in [-0.39, 0.29) is 6.42 Å². The average Bonchev–Trinajstić information content (AvgIpc) is 2.88. The molecule has 0 saturated heterocycles. The van der Waals surface area contributed by atoms with Gasteiger partial charge < -0.3 is 5.11 Å². The largest absolute Gasteiger partial charge is 0.388 e. The van der Waals surface area contributed by atoms with Crippen molar-refractivity contribution in [3.8, 4) is 0 Å². The van der Waals surface area contributed by atoms with E-state index in [1.54, 1.807) is 11.3 Å². The minimum absolute atomic E-state index is 0.246. The van der Waals surface area contributed by atoms with Gasteiger partial charge in [0.15, 0.2) is 11.6 Å². The molecule has 0 bridgehead atoms. The van der Waals surface area contributed by atoms with Crippen LogP contribution in [0.1, 0.15) is 17.2 Å². The highest BCUT2D eigenvalue weighted by Gasteiger charge is 2.15. The summed E-state index contributed by atoms with van der Waals surface area (Å²) in [5.41, 5.74) is 1.37. The highest BCUT2D eigenvalue weighted by molar-refractivity contribution is 9.10. The zero-order valence-electron chi connectivity index (χ0n) is 10.8. The third-order valence-electron chi connectivity index (χ3n) is 3.35. The minimum atomic E-state index is -0.891. The molecule has 1 atom stereocenters. The SMILES string of the molecule is OC(Cc1ccc(F)c(F)c1)c1csc2c(Br)cccc12. The lowest BCUT2D eigenvalue weighted by Crippen LogP contribution is -2.02. The van der Waals surface area contributed by atoms with Gasteiger partial charge in [0.2, 0.25) is 0 Å². The van der Waals surface area contributed by atoms with Gasteiger partial charge in [-0.05, 0) is 56.0 Å². The molecule has 3 aromatic rings. The van der Waals surface area contributed by atoms with Gasteiger partial charge >= 0.3 is 0 Å². The van der Waals surface area contributed by atoms with Gasteiger partial charge in [0.25, 0.3) is 0 Å². The molecule has 3 rings (SSSR count). The van der Waals surface area contributed by atoms with Crippen LogP contribution in [0.2, 0.25) is 0 Å². The molecule has 2 aromatic carbocycles. The van der Waals surface area contributed by atoms with Crippen molar-refractivity contribution >= 4 is 37.4 Å². The Kier molecular flexibility index (Phi) is 4.06. The van der Waals surface area contributed by atoms with Crippen molar-refractivity contribution in [3.05, 3.63) is 69.0 Å². The molecule has 0 amide bonds. The second-order valence-corrected chi connectivity index (χ2v) is 6.51. The lowest BCUT2D eigenvalue weighted by Gasteiger charge is -2.10. The lowest BCUT2D eigenvalue weighted by atomic mass is 10.0. The van der Waals surface area contributed by atoms with Crippen LogP contribution in [0.4, 0.5) is 8.78 Å². The standard InChI is InChI=1S/C16H11BrF2OS/c17-12-3-1-2-10-11(8-21-16(10)12)15(20)7-9-4-5-13(18)14(19)6-9/h1-6,8,15,20H,7H2. The summed E-state index contributed by atoms with van der Waals surface area (Å²) in [7, 11) is 0. The molecule has 0 aliphatic rings. The summed E-state index contributed by atoms with van der Waals surface area (Å²) in [5.74, 6) is -1.77. The Hall–Kier alpha value is -1.30. The van der Waals surface area contributed by atoms with Crippen LogP contribution < -0.4 is 0 Å². The maximum absolute atomic E-state index is 13.2. The molecule has 0 aliphatic heterocycles. The van der Waals surface area contributed by atoms with Crippen molar-refractivity contribution in [2.24, 2.45) is 0 Å². The number of hydrogen-bond acceptors (Lipinski definition) is 2. The van der Waals surface area contributed by atoms with Gasteiger partial charge in [0.05, 0.1) is 6.10 Å². The Balaban J connectivity index is 1.91. The molecule has 0 aliphatic carbocycles. The molecule has 1 aromatic heterocycles. The summed E-state index contributed by atoms with van der Waals surface area (Å²) >= 11 is 5.03. The second kappa shape index (κ2) is 5.83. The highest BCUT2D eigenvalue weighted by atomic mass is 79.9. The molecule has 1 heterocycles. The van der Waals surface area contributed by atoms with E-state index in [4.69, 9.17) is 0 Å². The highest BCUT2D eigenvalue weighted by Crippen LogP contribution is 2.36. The summed E-state index contributed by atoms with van der Waals surface area (Å²) in [5, 5.41) is 13.3. The average molecular weight is 369 g/mol. The van der Waals surface area contributed by atoms with E-state index >= 15 is 0 Å². The smallest absolute Gasteiger partial charge is 0.159 e. The van der Waals surface area contributed by atoms with Crippen molar-refractivity contribution in [1.82, 2.24) is 0 Å². The third kappa shape index (κ3) is 2.86. The molecule has 1 unspecified atom stereocenters. The van der Waals surface area contributed by atoms with E-state index in [0.29, 0.717) is 5.56 Å². The van der Waals surface area contributed by atoms with Crippen LogP contribution in [0.15, 0.2) is 46.3 Å². The molecular weight excluding hydrogens is 358 g/mol. The number of aliphatic hydroxyl groups is 1. The van der Waals surface area contributed by atoms with Crippen LogP contribution in [0, 0.1) is 11.6 Å². The van der Waals surface area contributed by atoms with Gasteiger partial charge in [-0.3, -0.25) is 0 Å². The number of thiophene rings is 1. The molecule has 108 valence electrons. The molecule has 0 fully saturated rings. The lowest BCUT2D eigenvalue weighted by molar-refractivity contribution is 0.180. The fraction of sp³-hybridized carbons (Fsp3) is 0.125. The number of halogens is 3. The fourth-order valence-electron chi connectivity index (χ4n) is 2.30. The zero-order chi connectivity index (χ0) is 15.0. The van der Waals surface area contributed by atoms with E-state index in [9.17, 15) is 13.9 Å². The minimum Gasteiger partial charge on any atom is -0.388 e. The second-order valence-electron chi connectivity index (χ2n) is 4.78. The Morgan fingerprint density at radius 2 is 1.95 bits per heavy atom. The van der Waals surface area contributed by atoms with Crippen LogP contribution in [0.5, 0.6) is 0 Å². The Bertz CT molecular complexity index is 800. The first-order valence-electron chi connectivity index (χ1n) is 6.34. The molecule has 0 radical (unpaired) electrons. The van der Waals surface area contributed by atoms with Crippen molar-refractivity contribution in [2.75, 3.05) is 0 Å². The summed E-state index contributed by atoms with van der Waals surface area (Å²) in [6, 6.07) is 9.51. The maximum atomic E-state index is 13.2. The quantitative estimate of drug-likeness (QED) is 0.671. The Morgan fingerprint density at radius 1 is 1.14 bits per heavy atom. The zero-order valence-corrected chi connectivity index (χ0v) is 13.2. The first-order valence-corrected chi connectivity index (χ1v) is 8.01. The number of hydrogen-bond donors (Lipinski definition) is 1. The summed E-state index contributed by atoms with van der Waals surface area (Å²) < 4.78 is 28.2. The predicted molar refractivity (Wildman–Crippen MR) is 84.5 cm³/mol.